The van der Waals surface area contributed by atoms with Gasteiger partial charge in [-0.1, -0.05) is 6.92 Å². The number of aromatic nitrogens is 2. The molecule has 1 amide bonds. The van der Waals surface area contributed by atoms with Crippen molar-refractivity contribution < 1.29 is 4.79 Å². The summed E-state index contributed by atoms with van der Waals surface area (Å²) in [6, 6.07) is 0. The van der Waals surface area contributed by atoms with Crippen molar-refractivity contribution in [3.05, 3.63) is 18.2 Å². The van der Waals surface area contributed by atoms with Crippen LogP contribution in [-0.4, -0.2) is 28.5 Å². The van der Waals surface area contributed by atoms with E-state index in [2.05, 4.69) is 15.6 Å². The fourth-order valence-corrected chi connectivity index (χ4v) is 1.21. The normalized spacial score (nSPS) is 10.3. The SMILES string of the molecule is CCNCCC(=O)NCc1nccn1C. The van der Waals surface area contributed by atoms with Gasteiger partial charge in [0.2, 0.25) is 5.91 Å². The Morgan fingerprint density at radius 1 is 1.60 bits per heavy atom. The van der Waals surface area contributed by atoms with E-state index in [0.29, 0.717) is 13.0 Å². The smallest absolute Gasteiger partial charge is 0.221 e. The van der Waals surface area contributed by atoms with Crippen LogP contribution in [0.3, 0.4) is 0 Å². The highest BCUT2D eigenvalue weighted by Crippen LogP contribution is 1.93. The molecule has 1 heterocycles. The average molecular weight is 210 g/mol. The number of carbonyl (C=O) groups is 1. The van der Waals surface area contributed by atoms with Crippen LogP contribution >= 0.6 is 0 Å². The zero-order valence-electron chi connectivity index (χ0n) is 9.29. The molecule has 0 aromatic carbocycles. The van der Waals surface area contributed by atoms with E-state index in [1.807, 2.05) is 24.7 Å². The predicted octanol–water partition coefficient (Wildman–Crippen LogP) is 0.0359. The third-order valence-corrected chi connectivity index (χ3v) is 2.14. The molecule has 0 spiro atoms. The van der Waals surface area contributed by atoms with Crippen LogP contribution in [0.5, 0.6) is 0 Å². The van der Waals surface area contributed by atoms with Crippen LogP contribution in [-0.2, 0) is 18.4 Å². The van der Waals surface area contributed by atoms with Gasteiger partial charge in [-0.2, -0.15) is 0 Å². The summed E-state index contributed by atoms with van der Waals surface area (Å²) < 4.78 is 1.89. The Labute approximate surface area is 89.9 Å². The van der Waals surface area contributed by atoms with E-state index in [9.17, 15) is 4.79 Å². The van der Waals surface area contributed by atoms with Crippen molar-refractivity contribution in [3.8, 4) is 0 Å². The standard InChI is InChI=1S/C10H18N4O/c1-3-11-5-4-10(15)13-8-9-12-6-7-14(9)2/h6-7,11H,3-5,8H2,1-2H3,(H,13,15). The van der Waals surface area contributed by atoms with Crippen LogP contribution in [0.2, 0.25) is 0 Å². The molecular formula is C10H18N4O. The maximum atomic E-state index is 11.3. The van der Waals surface area contributed by atoms with Gasteiger partial charge in [-0.25, -0.2) is 4.98 Å². The lowest BCUT2D eigenvalue weighted by Gasteiger charge is -2.05. The zero-order chi connectivity index (χ0) is 11.1. The molecule has 5 heteroatoms. The lowest BCUT2D eigenvalue weighted by atomic mass is 10.4. The number of hydrogen-bond donors (Lipinski definition) is 2. The van der Waals surface area contributed by atoms with Gasteiger partial charge in [0, 0.05) is 32.4 Å². The van der Waals surface area contributed by atoms with Crippen LogP contribution in [0.15, 0.2) is 12.4 Å². The first-order chi connectivity index (χ1) is 7.24. The predicted molar refractivity (Wildman–Crippen MR) is 58.2 cm³/mol. The van der Waals surface area contributed by atoms with Crippen LogP contribution in [0.1, 0.15) is 19.2 Å². The molecular weight excluding hydrogens is 192 g/mol. The number of nitrogens with zero attached hydrogens (tertiary/aromatic N) is 2. The van der Waals surface area contributed by atoms with E-state index in [0.717, 1.165) is 18.9 Å². The Hall–Kier alpha value is -1.36. The Morgan fingerprint density at radius 2 is 2.40 bits per heavy atom. The van der Waals surface area contributed by atoms with Gasteiger partial charge < -0.3 is 15.2 Å². The minimum absolute atomic E-state index is 0.0546. The molecule has 2 N–H and O–H groups in total. The molecule has 1 aromatic rings. The lowest BCUT2D eigenvalue weighted by Crippen LogP contribution is -2.28. The fraction of sp³-hybridized carbons (Fsp3) is 0.600. The van der Waals surface area contributed by atoms with E-state index in [4.69, 9.17) is 0 Å². The number of imidazole rings is 1. The van der Waals surface area contributed by atoms with Crippen LogP contribution in [0.4, 0.5) is 0 Å². The van der Waals surface area contributed by atoms with Crippen LogP contribution < -0.4 is 10.6 Å². The third kappa shape index (κ3) is 4.12. The molecule has 5 nitrogen and oxygen atoms in total. The zero-order valence-corrected chi connectivity index (χ0v) is 9.29. The molecule has 15 heavy (non-hydrogen) atoms. The second-order valence-electron chi connectivity index (χ2n) is 3.33. The minimum atomic E-state index is 0.0546. The molecule has 0 saturated carbocycles. The second-order valence-corrected chi connectivity index (χ2v) is 3.33. The maximum Gasteiger partial charge on any atom is 0.221 e. The van der Waals surface area contributed by atoms with Crippen LogP contribution in [0, 0.1) is 0 Å². The van der Waals surface area contributed by atoms with Crippen molar-refractivity contribution in [3.63, 3.8) is 0 Å². The van der Waals surface area contributed by atoms with E-state index in [-0.39, 0.29) is 5.91 Å². The average Bonchev–Trinajstić information content (AvgIpc) is 2.61. The molecule has 0 aliphatic heterocycles. The summed E-state index contributed by atoms with van der Waals surface area (Å²) in [5.41, 5.74) is 0. The summed E-state index contributed by atoms with van der Waals surface area (Å²) in [4.78, 5) is 15.5. The molecule has 0 unspecified atom stereocenters. The van der Waals surface area contributed by atoms with E-state index in [1.54, 1.807) is 6.20 Å². The molecule has 1 rings (SSSR count). The molecule has 84 valence electrons. The van der Waals surface area contributed by atoms with Gasteiger partial charge in [-0.05, 0) is 6.54 Å². The number of carbonyl (C=O) groups excluding carboxylic acids is 1. The largest absolute Gasteiger partial charge is 0.349 e. The van der Waals surface area contributed by atoms with Gasteiger partial charge in [0.05, 0.1) is 6.54 Å². The van der Waals surface area contributed by atoms with Gasteiger partial charge in [0.25, 0.3) is 0 Å². The number of hydrogen-bond acceptors (Lipinski definition) is 3. The Morgan fingerprint density at radius 3 is 3.00 bits per heavy atom. The quantitative estimate of drug-likeness (QED) is 0.652. The summed E-state index contributed by atoms with van der Waals surface area (Å²) in [6.45, 7) is 4.13. The highest BCUT2D eigenvalue weighted by atomic mass is 16.1. The fourth-order valence-electron chi connectivity index (χ4n) is 1.21. The van der Waals surface area contributed by atoms with Crippen molar-refractivity contribution in [1.82, 2.24) is 20.2 Å². The third-order valence-electron chi connectivity index (χ3n) is 2.14. The number of rotatable bonds is 6. The molecule has 1 aromatic heterocycles. The molecule has 0 atom stereocenters. The van der Waals surface area contributed by atoms with E-state index in [1.165, 1.54) is 0 Å². The number of amides is 1. The molecule has 0 aliphatic rings. The summed E-state index contributed by atoms with van der Waals surface area (Å²) in [6.07, 6.45) is 4.10. The molecule has 0 bridgehead atoms. The van der Waals surface area contributed by atoms with Gasteiger partial charge in [0.1, 0.15) is 5.82 Å². The first kappa shape index (κ1) is 11.7. The maximum absolute atomic E-state index is 11.3. The van der Waals surface area contributed by atoms with Gasteiger partial charge in [-0.3, -0.25) is 4.79 Å². The van der Waals surface area contributed by atoms with Crippen LogP contribution in [0.25, 0.3) is 0 Å². The summed E-state index contributed by atoms with van der Waals surface area (Å²) in [5, 5.41) is 5.92. The highest BCUT2D eigenvalue weighted by molar-refractivity contribution is 5.75. The van der Waals surface area contributed by atoms with Gasteiger partial charge in [0.15, 0.2) is 0 Å². The Bertz CT molecular complexity index is 308. The summed E-state index contributed by atoms with van der Waals surface area (Å²) >= 11 is 0. The highest BCUT2D eigenvalue weighted by Gasteiger charge is 2.02. The molecule has 0 radical (unpaired) electrons. The molecule has 0 aliphatic carbocycles. The number of nitrogens with one attached hydrogen (secondary N) is 2. The number of aryl methyl sites for hydroxylation is 1. The molecule has 0 fully saturated rings. The van der Waals surface area contributed by atoms with Crippen molar-refractivity contribution in [2.24, 2.45) is 7.05 Å². The monoisotopic (exact) mass is 210 g/mol. The Balaban J connectivity index is 2.20. The van der Waals surface area contributed by atoms with E-state index < -0.39 is 0 Å². The second kappa shape index (κ2) is 6.19. The first-order valence-corrected chi connectivity index (χ1v) is 5.17. The summed E-state index contributed by atoms with van der Waals surface area (Å²) in [7, 11) is 1.91. The van der Waals surface area contributed by atoms with Crippen molar-refractivity contribution in [1.29, 1.82) is 0 Å². The van der Waals surface area contributed by atoms with Crippen molar-refractivity contribution >= 4 is 5.91 Å². The van der Waals surface area contributed by atoms with Gasteiger partial charge >= 0.3 is 0 Å². The van der Waals surface area contributed by atoms with Crippen molar-refractivity contribution in [2.45, 2.75) is 19.9 Å². The topological polar surface area (TPSA) is 59.0 Å². The first-order valence-electron chi connectivity index (χ1n) is 5.17. The molecule has 0 saturated heterocycles. The lowest BCUT2D eigenvalue weighted by molar-refractivity contribution is -0.121. The minimum Gasteiger partial charge on any atom is -0.349 e. The van der Waals surface area contributed by atoms with Crippen molar-refractivity contribution in [2.75, 3.05) is 13.1 Å². The van der Waals surface area contributed by atoms with E-state index >= 15 is 0 Å². The summed E-state index contributed by atoms with van der Waals surface area (Å²) in [5.74, 6) is 0.922. The van der Waals surface area contributed by atoms with Gasteiger partial charge in [-0.15, -0.1) is 0 Å². The Kier molecular flexibility index (Phi) is 4.83.